The Labute approximate surface area is 185 Å². The van der Waals surface area contributed by atoms with Gasteiger partial charge in [-0.05, 0) is 72.1 Å². The number of rotatable bonds is 5. The standard InChI is InChI=1S/C31H28/c1-22-8-14-26(15-9-22)28-18-19-29(27-16-10-23(2)11-17-27)31-21-25(20-30(28)31)13-12-24-6-4-3-5-7-24/h3-11,14-20H,12-13,21H2,1-2H3. The molecule has 1 aliphatic carbocycles. The molecule has 0 heteroatoms. The van der Waals surface area contributed by atoms with Crippen LogP contribution in [0.5, 0.6) is 0 Å². The third kappa shape index (κ3) is 4.11. The van der Waals surface area contributed by atoms with Crippen molar-refractivity contribution in [2.24, 2.45) is 0 Å². The molecule has 4 aromatic rings. The van der Waals surface area contributed by atoms with E-state index >= 15 is 0 Å². The largest absolute Gasteiger partial charge is 0.0648 e. The summed E-state index contributed by atoms with van der Waals surface area (Å²) in [7, 11) is 0. The predicted octanol–water partition coefficient (Wildman–Crippen LogP) is 8.21. The van der Waals surface area contributed by atoms with Gasteiger partial charge in [-0.15, -0.1) is 0 Å². The van der Waals surface area contributed by atoms with Gasteiger partial charge in [-0.1, -0.05) is 114 Å². The molecule has 0 spiro atoms. The summed E-state index contributed by atoms with van der Waals surface area (Å²) in [6.45, 7) is 4.30. The first-order chi connectivity index (χ1) is 15.2. The molecule has 4 aromatic carbocycles. The van der Waals surface area contributed by atoms with Crippen molar-refractivity contribution >= 4 is 6.08 Å². The van der Waals surface area contributed by atoms with E-state index in [1.807, 2.05) is 0 Å². The fraction of sp³-hybridized carbons (Fsp3) is 0.161. The summed E-state index contributed by atoms with van der Waals surface area (Å²) in [6.07, 6.45) is 5.72. The average Bonchev–Trinajstić information content (AvgIpc) is 3.23. The highest BCUT2D eigenvalue weighted by molar-refractivity contribution is 5.87. The molecule has 0 saturated carbocycles. The van der Waals surface area contributed by atoms with Gasteiger partial charge < -0.3 is 0 Å². The molecule has 0 radical (unpaired) electrons. The molecule has 0 unspecified atom stereocenters. The zero-order chi connectivity index (χ0) is 21.2. The Morgan fingerprint density at radius 1 is 0.581 bits per heavy atom. The third-order valence-electron chi connectivity index (χ3n) is 6.41. The van der Waals surface area contributed by atoms with E-state index in [-0.39, 0.29) is 0 Å². The van der Waals surface area contributed by atoms with Gasteiger partial charge in [-0.25, -0.2) is 0 Å². The molecule has 5 rings (SSSR count). The van der Waals surface area contributed by atoms with Crippen molar-refractivity contribution in [2.45, 2.75) is 33.1 Å². The second-order valence-corrected chi connectivity index (χ2v) is 8.75. The van der Waals surface area contributed by atoms with Crippen molar-refractivity contribution in [3.63, 3.8) is 0 Å². The van der Waals surface area contributed by atoms with Crippen LogP contribution in [-0.2, 0) is 12.8 Å². The fourth-order valence-electron chi connectivity index (χ4n) is 4.60. The number of fused-ring (bicyclic) bond motifs is 1. The first kappa shape index (κ1) is 19.6. The number of benzene rings is 4. The molecule has 0 N–H and O–H groups in total. The molecular formula is C31H28. The molecule has 0 aliphatic heterocycles. The minimum Gasteiger partial charge on any atom is -0.0648 e. The maximum absolute atomic E-state index is 2.46. The maximum atomic E-state index is 2.46. The molecule has 0 bridgehead atoms. The molecular weight excluding hydrogens is 372 g/mol. The van der Waals surface area contributed by atoms with Crippen LogP contribution in [0.15, 0.2) is 96.6 Å². The molecule has 152 valence electrons. The van der Waals surface area contributed by atoms with Gasteiger partial charge in [0.05, 0.1) is 0 Å². The lowest BCUT2D eigenvalue weighted by atomic mass is 9.90. The van der Waals surface area contributed by atoms with Crippen LogP contribution in [-0.4, -0.2) is 0 Å². The van der Waals surface area contributed by atoms with E-state index < -0.39 is 0 Å². The Hall–Kier alpha value is -3.38. The summed E-state index contributed by atoms with van der Waals surface area (Å²) < 4.78 is 0. The van der Waals surface area contributed by atoms with Gasteiger partial charge in [0.25, 0.3) is 0 Å². The minimum absolute atomic E-state index is 1.05. The van der Waals surface area contributed by atoms with E-state index in [1.54, 1.807) is 0 Å². The second kappa shape index (κ2) is 8.40. The highest BCUT2D eigenvalue weighted by Gasteiger charge is 2.21. The predicted molar refractivity (Wildman–Crippen MR) is 133 cm³/mol. The molecule has 0 aromatic heterocycles. The number of hydrogen-bond acceptors (Lipinski definition) is 0. The van der Waals surface area contributed by atoms with Crippen molar-refractivity contribution < 1.29 is 0 Å². The van der Waals surface area contributed by atoms with Crippen LogP contribution in [0.4, 0.5) is 0 Å². The Kier molecular flexibility index (Phi) is 5.30. The lowest BCUT2D eigenvalue weighted by Gasteiger charge is -2.14. The first-order valence-corrected chi connectivity index (χ1v) is 11.2. The maximum Gasteiger partial charge on any atom is -0.00513 e. The fourth-order valence-corrected chi connectivity index (χ4v) is 4.60. The Balaban J connectivity index is 1.54. The highest BCUT2D eigenvalue weighted by atomic mass is 14.2. The van der Waals surface area contributed by atoms with E-state index in [2.05, 4.69) is 111 Å². The van der Waals surface area contributed by atoms with Crippen LogP contribution >= 0.6 is 0 Å². The molecule has 0 atom stereocenters. The second-order valence-electron chi connectivity index (χ2n) is 8.75. The monoisotopic (exact) mass is 400 g/mol. The Morgan fingerprint density at radius 3 is 1.81 bits per heavy atom. The summed E-state index contributed by atoms with van der Waals surface area (Å²) in [5, 5.41) is 0. The van der Waals surface area contributed by atoms with E-state index in [0.29, 0.717) is 0 Å². The van der Waals surface area contributed by atoms with Gasteiger partial charge in [0, 0.05) is 0 Å². The van der Waals surface area contributed by atoms with Crippen LogP contribution in [0, 0.1) is 13.8 Å². The molecule has 0 fully saturated rings. The summed E-state index contributed by atoms with van der Waals surface area (Å²) in [5.74, 6) is 0. The third-order valence-corrected chi connectivity index (χ3v) is 6.41. The summed E-state index contributed by atoms with van der Waals surface area (Å²) in [5.41, 5.74) is 13.8. The molecule has 0 nitrogen and oxygen atoms in total. The smallest absolute Gasteiger partial charge is 0.00513 e. The van der Waals surface area contributed by atoms with Crippen molar-refractivity contribution in [3.8, 4) is 22.3 Å². The van der Waals surface area contributed by atoms with Crippen LogP contribution in [0.3, 0.4) is 0 Å². The van der Waals surface area contributed by atoms with Gasteiger partial charge >= 0.3 is 0 Å². The molecule has 0 amide bonds. The summed E-state index contributed by atoms with van der Waals surface area (Å²) in [4.78, 5) is 0. The number of hydrogen-bond donors (Lipinski definition) is 0. The number of allylic oxidation sites excluding steroid dienone is 1. The zero-order valence-corrected chi connectivity index (χ0v) is 18.4. The normalized spacial score (nSPS) is 12.5. The van der Waals surface area contributed by atoms with Crippen molar-refractivity contribution in [1.82, 2.24) is 0 Å². The van der Waals surface area contributed by atoms with Crippen molar-refractivity contribution in [1.29, 1.82) is 0 Å². The Bertz CT molecular complexity index is 1220. The molecule has 31 heavy (non-hydrogen) atoms. The average molecular weight is 401 g/mol. The van der Waals surface area contributed by atoms with Gasteiger partial charge in [0.2, 0.25) is 0 Å². The van der Waals surface area contributed by atoms with E-state index in [9.17, 15) is 0 Å². The zero-order valence-electron chi connectivity index (χ0n) is 18.4. The van der Waals surface area contributed by atoms with E-state index in [4.69, 9.17) is 0 Å². The SMILES string of the molecule is Cc1ccc(-c2ccc(-c3ccc(C)cc3)c3c2C=C(CCc2ccccc2)C3)cc1. The topological polar surface area (TPSA) is 0 Å². The van der Waals surface area contributed by atoms with Crippen molar-refractivity contribution in [3.05, 3.63) is 124 Å². The van der Waals surface area contributed by atoms with Crippen LogP contribution in [0.25, 0.3) is 28.3 Å². The van der Waals surface area contributed by atoms with Crippen LogP contribution in [0.1, 0.15) is 34.2 Å². The highest BCUT2D eigenvalue weighted by Crippen LogP contribution is 2.41. The lowest BCUT2D eigenvalue weighted by Crippen LogP contribution is -1.94. The summed E-state index contributed by atoms with van der Waals surface area (Å²) >= 11 is 0. The molecule has 0 saturated heterocycles. The van der Waals surface area contributed by atoms with E-state index in [0.717, 1.165) is 19.3 Å². The number of aryl methyl sites for hydroxylation is 3. The van der Waals surface area contributed by atoms with E-state index in [1.165, 1.54) is 55.6 Å². The van der Waals surface area contributed by atoms with Crippen LogP contribution < -0.4 is 0 Å². The summed E-state index contributed by atoms with van der Waals surface area (Å²) in [6, 6.07) is 33.4. The lowest BCUT2D eigenvalue weighted by molar-refractivity contribution is 0.918. The minimum atomic E-state index is 1.05. The van der Waals surface area contributed by atoms with Gasteiger partial charge in [0.15, 0.2) is 0 Å². The van der Waals surface area contributed by atoms with Crippen LogP contribution in [0.2, 0.25) is 0 Å². The Morgan fingerprint density at radius 2 is 1.16 bits per heavy atom. The van der Waals surface area contributed by atoms with Gasteiger partial charge in [-0.2, -0.15) is 0 Å². The molecule has 1 aliphatic rings. The first-order valence-electron chi connectivity index (χ1n) is 11.2. The van der Waals surface area contributed by atoms with Gasteiger partial charge in [0.1, 0.15) is 0 Å². The van der Waals surface area contributed by atoms with Gasteiger partial charge in [-0.3, -0.25) is 0 Å². The molecule has 0 heterocycles. The van der Waals surface area contributed by atoms with Crippen molar-refractivity contribution in [2.75, 3.05) is 0 Å². The quantitative estimate of drug-likeness (QED) is 0.316.